The topological polar surface area (TPSA) is 143 Å². The number of hydrogen-bond donors (Lipinski definition) is 4. The van der Waals surface area contributed by atoms with Crippen LogP contribution in [-0.2, 0) is 26.8 Å². The molecule has 0 aliphatic heterocycles. The molecule has 2 aromatic carbocycles. The Hall–Kier alpha value is -4.22. The lowest BCUT2D eigenvalue weighted by Gasteiger charge is -2.36. The highest BCUT2D eigenvalue weighted by Crippen LogP contribution is 2.40. The van der Waals surface area contributed by atoms with Gasteiger partial charge in [0.15, 0.2) is 0 Å². The lowest BCUT2D eigenvalue weighted by molar-refractivity contribution is -0.135. The number of benzene rings is 2. The third kappa shape index (κ3) is 7.44. The normalized spacial score (nSPS) is 17.8. The van der Waals surface area contributed by atoms with Gasteiger partial charge in [-0.05, 0) is 85.8 Å². The lowest BCUT2D eigenvalue weighted by atomic mass is 9.77. The Bertz CT molecular complexity index is 1850. The zero-order chi connectivity index (χ0) is 35.6. The van der Waals surface area contributed by atoms with Crippen molar-refractivity contribution in [1.82, 2.24) is 35.7 Å². The van der Waals surface area contributed by atoms with Gasteiger partial charge in [-0.2, -0.15) is 5.10 Å². The smallest absolute Gasteiger partial charge is 0.270 e. The summed E-state index contributed by atoms with van der Waals surface area (Å²) in [6, 6.07) is 13.8. The number of fused-ring (bicyclic) bond motifs is 1. The van der Waals surface area contributed by atoms with Crippen molar-refractivity contribution in [3.05, 3.63) is 82.4 Å². The van der Waals surface area contributed by atoms with Gasteiger partial charge in [0.05, 0.1) is 29.1 Å². The molecule has 0 spiro atoms. The first-order chi connectivity index (χ1) is 24.0. The molecule has 2 aliphatic rings. The first kappa shape index (κ1) is 35.6. The summed E-state index contributed by atoms with van der Waals surface area (Å²) in [6.07, 6.45) is 6.74. The Balaban J connectivity index is 1.33. The van der Waals surface area contributed by atoms with Crippen LogP contribution in [0, 0.1) is 17.8 Å². The molecule has 2 aromatic heterocycles. The molecule has 0 bridgehead atoms. The summed E-state index contributed by atoms with van der Waals surface area (Å²) < 4.78 is 7.15. The van der Waals surface area contributed by atoms with Crippen molar-refractivity contribution in [2.45, 2.75) is 76.3 Å². The number of aromatic nitrogens is 4. The SMILES string of the molecule is COCC(C)(C(=O)N[C@@H](C(=O)NCC1CC1)C1CCC1)c1ccc2nc([C@@H](NC(=O)c3ccnn3C)[C@H](c3ccccc3Cl)C(C)C)[nH]c2c1. The van der Waals surface area contributed by atoms with Crippen LogP contribution in [0.25, 0.3) is 11.0 Å². The largest absolute Gasteiger partial charge is 0.383 e. The number of imidazole rings is 1. The minimum Gasteiger partial charge on any atom is -0.383 e. The number of nitrogens with zero attached hydrogens (tertiary/aromatic N) is 3. The summed E-state index contributed by atoms with van der Waals surface area (Å²) in [5.41, 5.74) is 2.30. The van der Waals surface area contributed by atoms with Gasteiger partial charge in [-0.25, -0.2) is 4.98 Å². The number of rotatable bonds is 15. The molecule has 1 unspecified atom stereocenters. The fraction of sp³-hybridized carbons (Fsp3) is 0.500. The highest BCUT2D eigenvalue weighted by molar-refractivity contribution is 6.31. The van der Waals surface area contributed by atoms with Gasteiger partial charge in [-0.3, -0.25) is 19.1 Å². The van der Waals surface area contributed by atoms with E-state index in [1.54, 1.807) is 26.4 Å². The van der Waals surface area contributed by atoms with Gasteiger partial charge in [-0.15, -0.1) is 0 Å². The number of aryl methyl sites for hydroxylation is 1. The fourth-order valence-electron chi connectivity index (χ4n) is 7.05. The van der Waals surface area contributed by atoms with Crippen molar-refractivity contribution in [1.29, 1.82) is 0 Å². The van der Waals surface area contributed by atoms with Gasteiger partial charge < -0.3 is 25.7 Å². The molecule has 50 heavy (non-hydrogen) atoms. The molecular weight excluding hydrogens is 654 g/mol. The summed E-state index contributed by atoms with van der Waals surface area (Å²) in [4.78, 5) is 49.6. The Morgan fingerprint density at radius 3 is 2.46 bits per heavy atom. The zero-order valence-electron chi connectivity index (χ0n) is 29.5. The predicted octanol–water partition coefficient (Wildman–Crippen LogP) is 5.58. The third-order valence-corrected chi connectivity index (χ3v) is 10.8. The Kier molecular flexibility index (Phi) is 10.6. The number of amides is 3. The van der Waals surface area contributed by atoms with E-state index < -0.39 is 17.5 Å². The third-order valence-electron chi connectivity index (χ3n) is 10.5. The first-order valence-corrected chi connectivity index (χ1v) is 18.0. The van der Waals surface area contributed by atoms with Gasteiger partial charge in [-0.1, -0.05) is 56.1 Å². The van der Waals surface area contributed by atoms with Crippen molar-refractivity contribution in [2.24, 2.45) is 24.8 Å². The van der Waals surface area contributed by atoms with Gasteiger partial charge in [0.2, 0.25) is 11.8 Å². The zero-order valence-corrected chi connectivity index (χ0v) is 30.2. The highest BCUT2D eigenvalue weighted by Gasteiger charge is 2.42. The van der Waals surface area contributed by atoms with Crippen LogP contribution in [0.2, 0.25) is 5.02 Å². The highest BCUT2D eigenvalue weighted by atomic mass is 35.5. The molecule has 0 saturated heterocycles. The maximum Gasteiger partial charge on any atom is 0.270 e. The summed E-state index contributed by atoms with van der Waals surface area (Å²) >= 11 is 6.75. The maximum atomic E-state index is 14.2. The summed E-state index contributed by atoms with van der Waals surface area (Å²) in [7, 11) is 3.29. The molecule has 4 aromatic rings. The molecule has 0 radical (unpaired) electrons. The summed E-state index contributed by atoms with van der Waals surface area (Å²) in [5.74, 6) is 0.381. The quantitative estimate of drug-likeness (QED) is 0.128. The molecule has 2 saturated carbocycles. The number of ether oxygens (including phenoxy) is 1. The van der Waals surface area contributed by atoms with Crippen molar-refractivity contribution in [3.63, 3.8) is 0 Å². The summed E-state index contributed by atoms with van der Waals surface area (Å²) in [5, 5.41) is 14.2. The average molecular weight is 702 g/mol. The standard InChI is InChI=1S/C38H48ClN7O4/c1-22(2)31(26-11-6-7-12-27(26)39)33(44-35(47)30-17-18-41-46(30)4)34-42-28-16-15-25(19-29(28)43-34)38(3,21-50-5)37(49)45-32(24-9-8-10-24)36(48)40-20-23-13-14-23/h6-7,11-12,15-19,22-24,31-33H,8-10,13-14,20-21H2,1-5H3,(H,40,48)(H,42,43)(H,44,47)(H,45,49)/t31-,32+,33-,38?/m0/s1. The van der Waals surface area contributed by atoms with Crippen LogP contribution in [0.15, 0.2) is 54.7 Å². The Morgan fingerprint density at radius 1 is 1.08 bits per heavy atom. The average Bonchev–Trinajstić information content (AvgIpc) is 3.64. The minimum atomic E-state index is -1.10. The van der Waals surface area contributed by atoms with Crippen LogP contribution >= 0.6 is 11.6 Å². The van der Waals surface area contributed by atoms with Crippen LogP contribution < -0.4 is 16.0 Å². The number of carbonyl (C=O) groups is 3. The molecule has 6 rings (SSSR count). The second-order valence-electron chi connectivity index (χ2n) is 14.5. The monoisotopic (exact) mass is 701 g/mol. The molecule has 2 aliphatic carbocycles. The van der Waals surface area contributed by atoms with E-state index in [9.17, 15) is 14.4 Å². The van der Waals surface area contributed by atoms with Gasteiger partial charge in [0, 0.05) is 37.8 Å². The van der Waals surface area contributed by atoms with Crippen molar-refractivity contribution in [2.75, 3.05) is 20.3 Å². The van der Waals surface area contributed by atoms with Gasteiger partial charge in [0.25, 0.3) is 5.91 Å². The van der Waals surface area contributed by atoms with Crippen LogP contribution in [0.4, 0.5) is 0 Å². The molecule has 2 heterocycles. The van der Waals surface area contributed by atoms with E-state index in [1.165, 1.54) is 4.68 Å². The molecule has 12 heteroatoms. The van der Waals surface area contributed by atoms with E-state index in [0.29, 0.717) is 45.6 Å². The van der Waals surface area contributed by atoms with Crippen molar-refractivity contribution < 1.29 is 19.1 Å². The van der Waals surface area contributed by atoms with E-state index in [2.05, 4.69) is 39.9 Å². The Morgan fingerprint density at radius 2 is 1.84 bits per heavy atom. The van der Waals surface area contributed by atoms with Gasteiger partial charge in [0.1, 0.15) is 17.6 Å². The molecule has 3 amide bonds. The number of methoxy groups -OCH3 is 1. The van der Waals surface area contributed by atoms with Crippen LogP contribution in [-0.4, -0.2) is 63.8 Å². The van der Waals surface area contributed by atoms with E-state index in [4.69, 9.17) is 21.3 Å². The van der Waals surface area contributed by atoms with E-state index >= 15 is 0 Å². The number of halogens is 1. The fourth-order valence-corrected chi connectivity index (χ4v) is 7.31. The molecule has 266 valence electrons. The second kappa shape index (κ2) is 14.9. The lowest BCUT2D eigenvalue weighted by Crippen LogP contribution is -2.57. The van der Waals surface area contributed by atoms with Crippen LogP contribution in [0.5, 0.6) is 0 Å². The molecule has 4 N–H and O–H groups in total. The number of nitrogens with one attached hydrogen (secondary N) is 4. The molecule has 4 atom stereocenters. The van der Waals surface area contributed by atoms with E-state index in [-0.39, 0.29) is 42.1 Å². The maximum absolute atomic E-state index is 14.2. The van der Waals surface area contributed by atoms with Crippen LogP contribution in [0.1, 0.15) is 92.3 Å². The Labute approximate surface area is 298 Å². The number of hydrogen-bond acceptors (Lipinski definition) is 6. The molecule has 11 nitrogen and oxygen atoms in total. The predicted molar refractivity (Wildman–Crippen MR) is 193 cm³/mol. The number of carbonyl (C=O) groups excluding carboxylic acids is 3. The first-order valence-electron chi connectivity index (χ1n) is 17.6. The minimum absolute atomic E-state index is 0.0642. The van der Waals surface area contributed by atoms with Gasteiger partial charge >= 0.3 is 0 Å². The number of aromatic amines is 1. The van der Waals surface area contributed by atoms with Crippen molar-refractivity contribution >= 4 is 40.4 Å². The van der Waals surface area contributed by atoms with Crippen LogP contribution in [0.3, 0.4) is 0 Å². The van der Waals surface area contributed by atoms with E-state index in [1.807, 2.05) is 49.4 Å². The number of H-pyrrole nitrogens is 1. The summed E-state index contributed by atoms with van der Waals surface area (Å²) in [6.45, 7) is 6.79. The van der Waals surface area contributed by atoms with E-state index in [0.717, 1.165) is 37.7 Å². The van der Waals surface area contributed by atoms with Crippen molar-refractivity contribution in [3.8, 4) is 0 Å². The second-order valence-corrected chi connectivity index (χ2v) is 14.9. The molecule has 2 fully saturated rings. The molecular formula is C38H48ClN7O4.